The maximum Gasteiger partial charge on any atom is 0.273 e. The van der Waals surface area contributed by atoms with Crippen LogP contribution in [0.5, 0.6) is 0 Å². The van der Waals surface area contributed by atoms with Crippen molar-refractivity contribution in [1.29, 1.82) is 0 Å². The van der Waals surface area contributed by atoms with Gasteiger partial charge in [0.25, 0.3) is 5.91 Å². The van der Waals surface area contributed by atoms with Crippen LogP contribution in [0.4, 0.5) is 0 Å². The van der Waals surface area contributed by atoms with E-state index in [0.29, 0.717) is 18.8 Å². The fourth-order valence-electron chi connectivity index (χ4n) is 2.80. The fourth-order valence-corrected chi connectivity index (χ4v) is 2.80. The van der Waals surface area contributed by atoms with Crippen LogP contribution in [-0.4, -0.2) is 34.0 Å². The number of benzene rings is 1. The van der Waals surface area contributed by atoms with Gasteiger partial charge in [-0.1, -0.05) is 51.5 Å². The van der Waals surface area contributed by atoms with Crippen LogP contribution in [0.3, 0.4) is 0 Å². The molecule has 2 rings (SSSR count). The van der Waals surface area contributed by atoms with Crippen LogP contribution in [0.25, 0.3) is 5.69 Å². The molecule has 2 aromatic rings. The molecule has 26 heavy (non-hydrogen) atoms. The Balaban J connectivity index is 2.24. The first-order valence-corrected chi connectivity index (χ1v) is 9.42. The van der Waals surface area contributed by atoms with Crippen molar-refractivity contribution in [1.82, 2.24) is 20.3 Å². The molecule has 0 saturated carbocycles. The van der Waals surface area contributed by atoms with Gasteiger partial charge in [0.15, 0.2) is 5.69 Å². The molecular formula is C20H31N5O. The Labute approximate surface area is 156 Å². The van der Waals surface area contributed by atoms with E-state index in [0.717, 1.165) is 37.1 Å². The predicted molar refractivity (Wildman–Crippen MR) is 105 cm³/mol. The number of amides is 1. The van der Waals surface area contributed by atoms with Gasteiger partial charge in [0.1, 0.15) is 0 Å². The van der Waals surface area contributed by atoms with Crippen LogP contribution in [-0.2, 0) is 11.8 Å². The number of aromatic nitrogens is 3. The van der Waals surface area contributed by atoms with Gasteiger partial charge in [0, 0.05) is 6.54 Å². The van der Waals surface area contributed by atoms with E-state index in [2.05, 4.69) is 55.5 Å². The minimum Gasteiger partial charge on any atom is -0.351 e. The first-order valence-electron chi connectivity index (χ1n) is 9.42. The second-order valence-electron chi connectivity index (χ2n) is 7.60. The number of nitrogens with two attached hydrogens (primary N) is 1. The second kappa shape index (κ2) is 8.94. The predicted octanol–water partition coefficient (Wildman–Crippen LogP) is 2.99. The lowest BCUT2D eigenvalue weighted by atomic mass is 9.87. The highest BCUT2D eigenvalue weighted by molar-refractivity contribution is 5.93. The molecule has 1 aromatic heterocycles. The first-order chi connectivity index (χ1) is 12.4. The average Bonchev–Trinajstić information content (AvgIpc) is 3.02. The Bertz CT molecular complexity index is 713. The van der Waals surface area contributed by atoms with Crippen LogP contribution in [0.2, 0.25) is 0 Å². The normalized spacial score (nSPS) is 11.6. The Morgan fingerprint density at radius 1 is 1.19 bits per heavy atom. The topological polar surface area (TPSA) is 85.8 Å². The third-order valence-electron chi connectivity index (χ3n) is 4.36. The van der Waals surface area contributed by atoms with E-state index in [1.165, 1.54) is 5.56 Å². The van der Waals surface area contributed by atoms with E-state index in [-0.39, 0.29) is 11.3 Å². The second-order valence-corrected chi connectivity index (χ2v) is 7.60. The number of nitrogens with zero attached hydrogens (tertiary/aromatic N) is 3. The number of carbonyl (C=O) groups is 1. The molecule has 1 amide bonds. The van der Waals surface area contributed by atoms with E-state index in [1.54, 1.807) is 4.68 Å². The van der Waals surface area contributed by atoms with Crippen molar-refractivity contribution in [2.45, 2.75) is 58.8 Å². The highest BCUT2D eigenvalue weighted by atomic mass is 16.2. The minimum absolute atomic E-state index is 0.0989. The Morgan fingerprint density at radius 2 is 1.88 bits per heavy atom. The number of hydrogen-bond acceptors (Lipinski definition) is 4. The molecule has 0 saturated heterocycles. The molecule has 0 aliphatic rings. The molecular weight excluding hydrogens is 326 g/mol. The van der Waals surface area contributed by atoms with Crippen molar-refractivity contribution in [3.8, 4) is 5.69 Å². The number of carbonyl (C=O) groups excluding carboxylic acids is 1. The maximum atomic E-state index is 12.5. The van der Waals surface area contributed by atoms with E-state index >= 15 is 0 Å². The largest absolute Gasteiger partial charge is 0.351 e. The molecule has 1 aromatic carbocycles. The summed E-state index contributed by atoms with van der Waals surface area (Å²) in [5.74, 6) is -0.164. The lowest BCUT2D eigenvalue weighted by Crippen LogP contribution is -2.26. The Hall–Kier alpha value is -2.21. The Kier molecular flexibility index (Phi) is 6.91. The summed E-state index contributed by atoms with van der Waals surface area (Å²) in [7, 11) is 0. The quantitative estimate of drug-likeness (QED) is 0.711. The average molecular weight is 358 g/mol. The zero-order valence-electron chi connectivity index (χ0n) is 16.4. The number of nitrogens with one attached hydrogen (secondary N) is 1. The lowest BCUT2D eigenvalue weighted by Gasteiger charge is -2.19. The zero-order chi connectivity index (χ0) is 19.2. The van der Waals surface area contributed by atoms with E-state index in [9.17, 15) is 4.79 Å². The van der Waals surface area contributed by atoms with Gasteiger partial charge >= 0.3 is 0 Å². The molecule has 3 N–H and O–H groups in total. The molecule has 0 aliphatic heterocycles. The Morgan fingerprint density at radius 3 is 2.46 bits per heavy atom. The van der Waals surface area contributed by atoms with Crippen LogP contribution >= 0.6 is 0 Å². The minimum atomic E-state index is -0.164. The van der Waals surface area contributed by atoms with Gasteiger partial charge in [0.2, 0.25) is 0 Å². The van der Waals surface area contributed by atoms with Crippen LogP contribution in [0, 0.1) is 0 Å². The van der Waals surface area contributed by atoms with Gasteiger partial charge in [-0.25, -0.2) is 4.68 Å². The summed E-state index contributed by atoms with van der Waals surface area (Å²) in [4.78, 5) is 12.5. The summed E-state index contributed by atoms with van der Waals surface area (Å²) in [6.45, 7) is 9.89. The first kappa shape index (κ1) is 20.1. The molecule has 0 atom stereocenters. The third kappa shape index (κ3) is 4.91. The van der Waals surface area contributed by atoms with Crippen molar-refractivity contribution >= 4 is 5.91 Å². The van der Waals surface area contributed by atoms with Gasteiger partial charge in [-0.15, -0.1) is 5.10 Å². The number of hydrogen-bond donors (Lipinski definition) is 2. The monoisotopic (exact) mass is 357 g/mol. The molecule has 0 spiro atoms. The van der Waals surface area contributed by atoms with Crippen molar-refractivity contribution in [3.05, 3.63) is 41.2 Å². The standard InChI is InChI=1S/C20H31N5O/c1-5-8-17-18(19(26)22-14-7-6-13-21)23-24-25(17)16-11-9-15(10-12-16)20(2,3)4/h9-12H,5-8,13-14,21H2,1-4H3,(H,22,26). The summed E-state index contributed by atoms with van der Waals surface area (Å²) in [5, 5.41) is 11.3. The fraction of sp³-hybridized carbons (Fsp3) is 0.550. The lowest BCUT2D eigenvalue weighted by molar-refractivity contribution is 0.0947. The van der Waals surface area contributed by atoms with E-state index in [1.807, 2.05) is 12.1 Å². The number of rotatable bonds is 8. The van der Waals surface area contributed by atoms with Gasteiger partial charge < -0.3 is 11.1 Å². The highest BCUT2D eigenvalue weighted by Gasteiger charge is 2.20. The summed E-state index contributed by atoms with van der Waals surface area (Å²) in [5.41, 5.74) is 9.04. The number of unbranched alkanes of at least 4 members (excludes halogenated alkanes) is 1. The van der Waals surface area contributed by atoms with Gasteiger partial charge in [-0.2, -0.15) is 0 Å². The third-order valence-corrected chi connectivity index (χ3v) is 4.36. The molecule has 0 bridgehead atoms. The van der Waals surface area contributed by atoms with Crippen LogP contribution in [0.1, 0.15) is 68.7 Å². The maximum absolute atomic E-state index is 12.5. The van der Waals surface area contributed by atoms with Crippen LogP contribution in [0.15, 0.2) is 24.3 Å². The molecule has 0 unspecified atom stereocenters. The molecule has 6 heteroatoms. The summed E-state index contributed by atoms with van der Waals surface area (Å²) < 4.78 is 1.78. The van der Waals surface area contributed by atoms with Crippen molar-refractivity contribution < 1.29 is 4.79 Å². The van der Waals surface area contributed by atoms with Gasteiger partial charge in [-0.05, 0) is 48.9 Å². The van der Waals surface area contributed by atoms with Gasteiger partial charge in [-0.3, -0.25) is 4.79 Å². The molecule has 0 radical (unpaired) electrons. The molecule has 1 heterocycles. The molecule has 0 fully saturated rings. The zero-order valence-corrected chi connectivity index (χ0v) is 16.4. The molecule has 6 nitrogen and oxygen atoms in total. The highest BCUT2D eigenvalue weighted by Crippen LogP contribution is 2.24. The van der Waals surface area contributed by atoms with E-state index < -0.39 is 0 Å². The summed E-state index contributed by atoms with van der Waals surface area (Å²) in [6.07, 6.45) is 3.43. The SMILES string of the molecule is CCCc1c(C(=O)NCCCCN)nnn1-c1ccc(C(C)(C)C)cc1. The smallest absolute Gasteiger partial charge is 0.273 e. The molecule has 0 aliphatic carbocycles. The van der Waals surface area contributed by atoms with E-state index in [4.69, 9.17) is 5.73 Å². The van der Waals surface area contributed by atoms with Crippen molar-refractivity contribution in [2.24, 2.45) is 5.73 Å². The van der Waals surface area contributed by atoms with Gasteiger partial charge in [0.05, 0.1) is 11.4 Å². The summed E-state index contributed by atoms with van der Waals surface area (Å²) in [6, 6.07) is 8.30. The van der Waals surface area contributed by atoms with Crippen molar-refractivity contribution in [2.75, 3.05) is 13.1 Å². The van der Waals surface area contributed by atoms with Crippen molar-refractivity contribution in [3.63, 3.8) is 0 Å². The summed E-state index contributed by atoms with van der Waals surface area (Å²) >= 11 is 0. The molecule has 142 valence electrons. The van der Waals surface area contributed by atoms with Crippen LogP contribution < -0.4 is 11.1 Å².